The number of nitro benzene ring substituents is 1. The van der Waals surface area contributed by atoms with E-state index < -0.39 is 11.0 Å². The number of carbonyl (C=O) groups excluding carboxylic acids is 1. The lowest BCUT2D eigenvalue weighted by molar-refractivity contribution is -0.385. The molecule has 132 valence electrons. The van der Waals surface area contributed by atoms with Gasteiger partial charge in [-0.1, -0.05) is 36.4 Å². The van der Waals surface area contributed by atoms with Gasteiger partial charge in [-0.2, -0.15) is 0 Å². The zero-order chi connectivity index (χ0) is 18.2. The first kappa shape index (κ1) is 18.4. The number of hydrogen-bond acceptors (Lipinski definition) is 4. The Morgan fingerprint density at radius 2 is 1.92 bits per heavy atom. The molecule has 2 amide bonds. The summed E-state index contributed by atoms with van der Waals surface area (Å²) in [6.07, 6.45) is 1.14. The maximum Gasteiger partial charge on any atom is 0.319 e. The van der Waals surface area contributed by atoms with Crippen LogP contribution in [0.25, 0.3) is 0 Å². The lowest BCUT2D eigenvalue weighted by atomic mass is 10.0. The second-order valence-electron chi connectivity index (χ2n) is 5.63. The number of benzene rings is 2. The summed E-state index contributed by atoms with van der Waals surface area (Å²) < 4.78 is 0. The van der Waals surface area contributed by atoms with Crippen LogP contribution in [0.5, 0.6) is 0 Å². The smallest absolute Gasteiger partial charge is 0.319 e. The highest BCUT2D eigenvalue weighted by Gasteiger charge is 2.17. The lowest BCUT2D eigenvalue weighted by Gasteiger charge is -2.19. The Balaban J connectivity index is 2.11. The molecule has 0 aliphatic heterocycles. The fourth-order valence-electron chi connectivity index (χ4n) is 2.58. The first-order valence-corrected chi connectivity index (χ1v) is 8.00. The van der Waals surface area contributed by atoms with E-state index in [4.69, 9.17) is 5.11 Å². The highest BCUT2D eigenvalue weighted by Crippen LogP contribution is 2.25. The van der Waals surface area contributed by atoms with Crippen LogP contribution in [-0.2, 0) is 0 Å². The molecule has 0 aliphatic rings. The summed E-state index contributed by atoms with van der Waals surface area (Å²) >= 11 is 0. The van der Waals surface area contributed by atoms with Crippen molar-refractivity contribution in [2.75, 3.05) is 11.9 Å². The third kappa shape index (κ3) is 5.02. The van der Waals surface area contributed by atoms with Crippen molar-refractivity contribution in [2.45, 2.75) is 25.8 Å². The van der Waals surface area contributed by atoms with Crippen molar-refractivity contribution in [3.8, 4) is 0 Å². The molecule has 3 N–H and O–H groups in total. The minimum absolute atomic E-state index is 0.0383. The molecule has 0 aliphatic carbocycles. The number of aliphatic hydroxyl groups is 1. The van der Waals surface area contributed by atoms with Crippen molar-refractivity contribution in [1.29, 1.82) is 0 Å². The van der Waals surface area contributed by atoms with Crippen LogP contribution in [0.15, 0.2) is 48.5 Å². The largest absolute Gasteiger partial charge is 0.396 e. The quantitative estimate of drug-likeness (QED) is 0.528. The van der Waals surface area contributed by atoms with Crippen molar-refractivity contribution in [3.05, 3.63) is 69.8 Å². The maximum absolute atomic E-state index is 12.3. The zero-order valence-corrected chi connectivity index (χ0v) is 13.9. The number of nitrogens with one attached hydrogen (secondary N) is 2. The Labute approximate surface area is 145 Å². The normalized spacial score (nSPS) is 11.6. The van der Waals surface area contributed by atoms with Crippen molar-refractivity contribution in [3.63, 3.8) is 0 Å². The molecule has 2 rings (SSSR count). The average molecular weight is 343 g/mol. The van der Waals surface area contributed by atoms with Crippen LogP contribution < -0.4 is 10.6 Å². The van der Waals surface area contributed by atoms with E-state index in [1.54, 1.807) is 13.0 Å². The van der Waals surface area contributed by atoms with E-state index in [1.165, 1.54) is 12.1 Å². The molecular weight excluding hydrogens is 322 g/mol. The minimum Gasteiger partial charge on any atom is -0.396 e. The topological polar surface area (TPSA) is 104 Å². The summed E-state index contributed by atoms with van der Waals surface area (Å²) in [6.45, 7) is 1.63. The number of amides is 2. The Morgan fingerprint density at radius 3 is 2.56 bits per heavy atom. The van der Waals surface area contributed by atoms with Gasteiger partial charge in [0, 0.05) is 12.7 Å². The van der Waals surface area contributed by atoms with E-state index in [9.17, 15) is 14.9 Å². The van der Waals surface area contributed by atoms with E-state index in [0.29, 0.717) is 24.1 Å². The highest BCUT2D eigenvalue weighted by atomic mass is 16.6. The Morgan fingerprint density at radius 1 is 1.20 bits per heavy atom. The Hall–Kier alpha value is -2.93. The van der Waals surface area contributed by atoms with E-state index in [0.717, 1.165) is 5.56 Å². The number of urea groups is 1. The van der Waals surface area contributed by atoms with Gasteiger partial charge in [0.25, 0.3) is 5.69 Å². The van der Waals surface area contributed by atoms with Crippen LogP contribution in [0.3, 0.4) is 0 Å². The van der Waals surface area contributed by atoms with E-state index in [1.807, 2.05) is 30.3 Å². The fraction of sp³-hybridized carbons (Fsp3) is 0.278. The Kier molecular flexibility index (Phi) is 6.47. The number of carbonyl (C=O) groups is 1. The van der Waals surface area contributed by atoms with Gasteiger partial charge in [0.2, 0.25) is 0 Å². The molecule has 0 saturated carbocycles. The van der Waals surface area contributed by atoms with Gasteiger partial charge in [0.1, 0.15) is 0 Å². The molecule has 0 aromatic heterocycles. The van der Waals surface area contributed by atoms with Gasteiger partial charge in [-0.15, -0.1) is 0 Å². The summed E-state index contributed by atoms with van der Waals surface area (Å²) in [4.78, 5) is 22.9. The summed E-state index contributed by atoms with van der Waals surface area (Å²) in [7, 11) is 0. The molecule has 0 radical (unpaired) electrons. The molecule has 7 heteroatoms. The van der Waals surface area contributed by atoms with Crippen LogP contribution >= 0.6 is 0 Å². The molecule has 2 aromatic rings. The standard InChI is InChI=1S/C18H21N3O4/c1-13-15(9-5-11-17(13)21(24)25)19-18(23)20-16(10-6-12-22)14-7-3-2-4-8-14/h2-5,7-9,11,16,22H,6,10,12H2,1H3,(H2,19,20,23)/t16-/m1/s1. The van der Waals surface area contributed by atoms with Gasteiger partial charge in [-0.25, -0.2) is 4.79 Å². The van der Waals surface area contributed by atoms with Crippen LogP contribution in [0.2, 0.25) is 0 Å². The molecule has 0 fully saturated rings. The van der Waals surface area contributed by atoms with Gasteiger partial charge >= 0.3 is 6.03 Å². The summed E-state index contributed by atoms with van der Waals surface area (Å²) in [5.74, 6) is 0. The second-order valence-corrected chi connectivity index (χ2v) is 5.63. The van der Waals surface area contributed by atoms with Gasteiger partial charge < -0.3 is 15.7 Å². The molecule has 25 heavy (non-hydrogen) atoms. The van der Waals surface area contributed by atoms with Crippen molar-refractivity contribution in [2.24, 2.45) is 0 Å². The zero-order valence-electron chi connectivity index (χ0n) is 13.9. The van der Waals surface area contributed by atoms with Crippen molar-refractivity contribution in [1.82, 2.24) is 5.32 Å². The van der Waals surface area contributed by atoms with Crippen molar-refractivity contribution >= 4 is 17.4 Å². The Bertz CT molecular complexity index is 734. The maximum atomic E-state index is 12.3. The van der Waals surface area contributed by atoms with Gasteiger partial charge in [-0.05, 0) is 31.4 Å². The molecule has 7 nitrogen and oxygen atoms in total. The molecule has 0 unspecified atom stereocenters. The molecule has 2 aromatic carbocycles. The number of rotatable bonds is 7. The molecule has 0 spiro atoms. The van der Waals surface area contributed by atoms with Gasteiger partial charge in [-0.3, -0.25) is 10.1 Å². The lowest BCUT2D eigenvalue weighted by Crippen LogP contribution is -2.33. The summed E-state index contributed by atoms with van der Waals surface area (Å²) in [6, 6.07) is 13.3. The third-order valence-corrected chi connectivity index (χ3v) is 3.91. The molecule has 0 heterocycles. The van der Waals surface area contributed by atoms with Crippen molar-refractivity contribution < 1.29 is 14.8 Å². The van der Waals surface area contributed by atoms with Crippen LogP contribution in [0.4, 0.5) is 16.2 Å². The SMILES string of the molecule is Cc1c(NC(=O)N[C@H](CCCO)c2ccccc2)cccc1[N+](=O)[O-]. The number of hydrogen-bond donors (Lipinski definition) is 3. The van der Waals surface area contributed by atoms with E-state index in [-0.39, 0.29) is 18.3 Å². The first-order valence-electron chi connectivity index (χ1n) is 8.00. The molecule has 1 atom stereocenters. The molecule has 0 saturated heterocycles. The van der Waals surface area contributed by atoms with Crippen LogP contribution in [0, 0.1) is 17.0 Å². The predicted molar refractivity (Wildman–Crippen MR) is 95.5 cm³/mol. The number of anilines is 1. The fourth-order valence-corrected chi connectivity index (χ4v) is 2.58. The first-order chi connectivity index (χ1) is 12.0. The number of nitro groups is 1. The number of nitrogens with zero attached hydrogens (tertiary/aromatic N) is 1. The molecule has 0 bridgehead atoms. The monoisotopic (exact) mass is 343 g/mol. The predicted octanol–water partition coefficient (Wildman–Crippen LogP) is 3.54. The highest BCUT2D eigenvalue weighted by molar-refractivity contribution is 5.91. The summed E-state index contributed by atoms with van der Waals surface area (Å²) in [5.41, 5.74) is 1.68. The van der Waals surface area contributed by atoms with Crippen LogP contribution in [0.1, 0.15) is 30.0 Å². The minimum atomic E-state index is -0.480. The second kappa shape index (κ2) is 8.79. The summed E-state index contributed by atoms with van der Waals surface area (Å²) in [5, 5.41) is 25.6. The van der Waals surface area contributed by atoms with Gasteiger partial charge in [0.15, 0.2) is 0 Å². The average Bonchev–Trinajstić information content (AvgIpc) is 2.61. The van der Waals surface area contributed by atoms with Crippen LogP contribution in [-0.4, -0.2) is 22.7 Å². The van der Waals surface area contributed by atoms with E-state index >= 15 is 0 Å². The molecular formula is C18H21N3O4. The van der Waals surface area contributed by atoms with E-state index in [2.05, 4.69) is 10.6 Å². The third-order valence-electron chi connectivity index (χ3n) is 3.91. The van der Waals surface area contributed by atoms with Gasteiger partial charge in [0.05, 0.1) is 22.2 Å². The number of aliphatic hydroxyl groups excluding tert-OH is 1.